The maximum absolute atomic E-state index is 14.6. The van der Waals surface area contributed by atoms with Gasteiger partial charge in [-0.05, 0) is 49.3 Å². The van der Waals surface area contributed by atoms with Gasteiger partial charge in [-0.15, -0.1) is 0 Å². The van der Waals surface area contributed by atoms with Crippen molar-refractivity contribution < 1.29 is 22.3 Å². The first kappa shape index (κ1) is 21.9. The minimum absolute atomic E-state index is 0.0604. The van der Waals surface area contributed by atoms with Crippen LogP contribution in [0.5, 0.6) is 5.75 Å². The number of fused-ring (bicyclic) bond motifs is 1. The van der Waals surface area contributed by atoms with Crippen LogP contribution in [0.1, 0.15) is 48.0 Å². The molecule has 0 saturated heterocycles. The topological polar surface area (TPSA) is 75.7 Å². The Labute approximate surface area is 186 Å². The minimum atomic E-state index is -4.21. The van der Waals surface area contributed by atoms with Gasteiger partial charge in [0.1, 0.15) is 11.6 Å². The Morgan fingerprint density at radius 1 is 1.19 bits per heavy atom. The summed E-state index contributed by atoms with van der Waals surface area (Å²) in [5.74, 6) is -1.41. The first-order valence-electron chi connectivity index (χ1n) is 10.4. The predicted molar refractivity (Wildman–Crippen MR) is 117 cm³/mol. The normalized spacial score (nSPS) is 16.8. The number of hydrogen-bond donors (Lipinski definition) is 1. The molecule has 4 rings (SSSR count). The van der Waals surface area contributed by atoms with Crippen LogP contribution in [0.4, 0.5) is 10.1 Å². The van der Waals surface area contributed by atoms with Crippen LogP contribution in [0, 0.1) is 11.7 Å². The number of ether oxygens (including phenoxy) is 1. The third kappa shape index (κ3) is 4.80. The summed E-state index contributed by atoms with van der Waals surface area (Å²) in [7, 11) is -4.21. The highest BCUT2D eigenvalue weighted by Crippen LogP contribution is 2.32. The molecule has 2 aromatic carbocycles. The smallest absolute Gasteiger partial charge is 0.326 e. The SMILES string of the molecule is O=C(NS(=O)(=O)N1CCCc2ccccc21)c1cc(Cl)c(OCC2CCCC2)cc1F. The molecule has 1 aliphatic heterocycles. The maximum atomic E-state index is 14.6. The number of anilines is 1. The molecule has 6 nitrogen and oxygen atoms in total. The molecule has 0 atom stereocenters. The van der Waals surface area contributed by atoms with Crippen molar-refractivity contribution >= 4 is 33.4 Å². The van der Waals surface area contributed by atoms with Crippen molar-refractivity contribution in [2.45, 2.75) is 38.5 Å². The van der Waals surface area contributed by atoms with Gasteiger partial charge < -0.3 is 4.74 Å². The lowest BCUT2D eigenvalue weighted by Gasteiger charge is -2.30. The molecule has 1 amide bonds. The Bertz CT molecular complexity index is 1090. The van der Waals surface area contributed by atoms with Gasteiger partial charge in [-0.3, -0.25) is 9.10 Å². The number of halogens is 2. The number of benzene rings is 2. The van der Waals surface area contributed by atoms with Gasteiger partial charge in [-0.25, -0.2) is 9.11 Å². The molecule has 1 N–H and O–H groups in total. The van der Waals surface area contributed by atoms with E-state index in [1.165, 1.54) is 0 Å². The van der Waals surface area contributed by atoms with E-state index in [1.807, 2.05) is 16.9 Å². The molecule has 0 bridgehead atoms. The van der Waals surface area contributed by atoms with E-state index in [9.17, 15) is 17.6 Å². The summed E-state index contributed by atoms with van der Waals surface area (Å²) in [6.45, 7) is 0.671. The lowest BCUT2D eigenvalue weighted by Crippen LogP contribution is -2.46. The first-order valence-corrected chi connectivity index (χ1v) is 12.2. The van der Waals surface area contributed by atoms with Crippen molar-refractivity contribution in [3.8, 4) is 5.75 Å². The molecule has 0 radical (unpaired) electrons. The lowest BCUT2D eigenvalue weighted by atomic mass is 10.0. The van der Waals surface area contributed by atoms with Gasteiger partial charge >= 0.3 is 10.2 Å². The Balaban J connectivity index is 1.50. The molecule has 0 unspecified atom stereocenters. The van der Waals surface area contributed by atoms with Crippen LogP contribution < -0.4 is 13.8 Å². The molecule has 2 aliphatic rings. The van der Waals surface area contributed by atoms with Crippen molar-refractivity contribution in [2.24, 2.45) is 5.92 Å². The van der Waals surface area contributed by atoms with Crippen LogP contribution in [0.3, 0.4) is 0 Å². The second kappa shape index (κ2) is 9.04. The summed E-state index contributed by atoms with van der Waals surface area (Å²) in [5.41, 5.74) is 0.944. The number of aryl methyl sites for hydroxylation is 1. The fraction of sp³-hybridized carbons (Fsp3) is 0.409. The average Bonchev–Trinajstić information content (AvgIpc) is 3.27. The summed E-state index contributed by atoms with van der Waals surface area (Å²) in [5, 5.41) is 0.0604. The van der Waals surface area contributed by atoms with E-state index in [-0.39, 0.29) is 17.3 Å². The molecule has 2 aromatic rings. The monoisotopic (exact) mass is 466 g/mol. The van der Waals surface area contributed by atoms with Crippen LogP contribution in [0.15, 0.2) is 36.4 Å². The molecule has 1 fully saturated rings. The molecule has 1 heterocycles. The van der Waals surface area contributed by atoms with E-state index in [2.05, 4.69) is 0 Å². The molecular formula is C22H24ClFN2O4S. The van der Waals surface area contributed by atoms with Gasteiger partial charge in [0.15, 0.2) is 0 Å². The van der Waals surface area contributed by atoms with Gasteiger partial charge in [-0.1, -0.05) is 42.6 Å². The fourth-order valence-electron chi connectivity index (χ4n) is 4.17. The standard InChI is InChI=1S/C22H24ClFN2O4S/c23-18-12-17(19(24)13-21(18)30-14-15-6-1-2-7-15)22(27)25-31(28,29)26-11-5-9-16-8-3-4-10-20(16)26/h3-4,8,10,12-13,15H,1-2,5-7,9,11,14H2,(H,25,27). The molecule has 0 spiro atoms. The second-order valence-corrected chi connectivity index (χ2v) is 9.97. The van der Waals surface area contributed by atoms with Gasteiger partial charge in [0.05, 0.1) is 22.9 Å². The quantitative estimate of drug-likeness (QED) is 0.681. The summed E-state index contributed by atoms with van der Waals surface area (Å²) in [6.07, 6.45) is 5.83. The van der Waals surface area contributed by atoms with Crippen LogP contribution in [0.2, 0.25) is 5.02 Å². The number of nitrogens with one attached hydrogen (secondary N) is 1. The maximum Gasteiger partial charge on any atom is 0.326 e. The van der Waals surface area contributed by atoms with Crippen LogP contribution in [0.25, 0.3) is 0 Å². The van der Waals surface area contributed by atoms with Gasteiger partial charge in [0.2, 0.25) is 0 Å². The molecule has 1 saturated carbocycles. The number of amides is 1. The largest absolute Gasteiger partial charge is 0.492 e. The third-order valence-corrected chi connectivity index (χ3v) is 7.49. The van der Waals surface area contributed by atoms with Crippen molar-refractivity contribution in [3.05, 3.63) is 58.4 Å². The number of carbonyl (C=O) groups is 1. The molecular weight excluding hydrogens is 443 g/mol. The number of carbonyl (C=O) groups excluding carboxylic acids is 1. The third-order valence-electron chi connectivity index (χ3n) is 5.79. The highest BCUT2D eigenvalue weighted by molar-refractivity contribution is 7.91. The van der Waals surface area contributed by atoms with E-state index >= 15 is 0 Å². The molecule has 1 aliphatic carbocycles. The predicted octanol–water partition coefficient (Wildman–Crippen LogP) is 4.48. The fourth-order valence-corrected chi connectivity index (χ4v) is 5.65. The van der Waals surface area contributed by atoms with Crippen molar-refractivity contribution in [1.29, 1.82) is 0 Å². The van der Waals surface area contributed by atoms with E-state index in [1.54, 1.807) is 12.1 Å². The van der Waals surface area contributed by atoms with Gasteiger partial charge in [-0.2, -0.15) is 8.42 Å². The average molecular weight is 467 g/mol. The summed E-state index contributed by atoms with van der Waals surface area (Å²) in [4.78, 5) is 12.6. The molecule has 0 aromatic heterocycles. The number of rotatable bonds is 6. The Morgan fingerprint density at radius 2 is 1.94 bits per heavy atom. The van der Waals surface area contributed by atoms with Crippen molar-refractivity contribution in [2.75, 3.05) is 17.5 Å². The van der Waals surface area contributed by atoms with Crippen molar-refractivity contribution in [3.63, 3.8) is 0 Å². The van der Waals surface area contributed by atoms with E-state index in [0.717, 1.165) is 54.1 Å². The second-order valence-electron chi connectivity index (χ2n) is 7.96. The number of nitrogens with zero attached hydrogens (tertiary/aromatic N) is 1. The van der Waals surface area contributed by atoms with Crippen molar-refractivity contribution in [1.82, 2.24) is 4.72 Å². The first-order chi connectivity index (χ1) is 14.8. The van der Waals surface area contributed by atoms with E-state index in [0.29, 0.717) is 24.6 Å². The highest BCUT2D eigenvalue weighted by Gasteiger charge is 2.30. The van der Waals surface area contributed by atoms with Crippen LogP contribution in [-0.4, -0.2) is 27.5 Å². The zero-order chi connectivity index (χ0) is 22.0. The Kier molecular flexibility index (Phi) is 6.39. The zero-order valence-corrected chi connectivity index (χ0v) is 18.5. The Morgan fingerprint density at radius 3 is 2.71 bits per heavy atom. The number of para-hydroxylation sites is 1. The van der Waals surface area contributed by atoms with E-state index in [4.69, 9.17) is 16.3 Å². The van der Waals surface area contributed by atoms with E-state index < -0.39 is 27.5 Å². The van der Waals surface area contributed by atoms with Gasteiger partial charge in [0, 0.05) is 12.6 Å². The lowest BCUT2D eigenvalue weighted by molar-refractivity contribution is 0.0977. The highest BCUT2D eigenvalue weighted by atomic mass is 35.5. The molecule has 166 valence electrons. The van der Waals surface area contributed by atoms with Gasteiger partial charge in [0.25, 0.3) is 5.91 Å². The van der Waals surface area contributed by atoms with Crippen LogP contribution >= 0.6 is 11.6 Å². The summed E-state index contributed by atoms with van der Waals surface area (Å²) >= 11 is 6.19. The zero-order valence-electron chi connectivity index (χ0n) is 16.9. The Hall–Kier alpha value is -2.32. The minimum Gasteiger partial charge on any atom is -0.492 e. The molecule has 9 heteroatoms. The molecule has 31 heavy (non-hydrogen) atoms. The van der Waals surface area contributed by atoms with Crippen LogP contribution in [-0.2, 0) is 16.6 Å². The number of hydrogen-bond acceptors (Lipinski definition) is 4. The summed E-state index contributed by atoms with van der Waals surface area (Å²) in [6, 6.07) is 9.25. The summed E-state index contributed by atoms with van der Waals surface area (Å²) < 4.78 is 49.1.